The van der Waals surface area contributed by atoms with Crippen molar-refractivity contribution in [3.05, 3.63) is 35.9 Å². The standard InChI is InChI=1S/C16H24N4O2/c1-20(15(19-16(17)18)9-5-6-10-21)14(12-22)11-13-7-3-2-4-8-13/h2-4,7-8,10,12,14-15H,5-6,9,11H2,1H3,(H4,17,18,19)/t14-,15?/m1/s1. The first-order valence-corrected chi connectivity index (χ1v) is 7.32. The normalized spacial score (nSPS) is 13.4. The van der Waals surface area contributed by atoms with Crippen molar-refractivity contribution in [1.82, 2.24) is 4.90 Å². The van der Waals surface area contributed by atoms with Crippen molar-refractivity contribution in [1.29, 1.82) is 0 Å². The Labute approximate surface area is 131 Å². The second kappa shape index (κ2) is 9.68. The van der Waals surface area contributed by atoms with E-state index in [2.05, 4.69) is 4.99 Å². The summed E-state index contributed by atoms with van der Waals surface area (Å²) in [6.45, 7) is 0. The van der Waals surface area contributed by atoms with Crippen LogP contribution in [-0.4, -0.2) is 42.7 Å². The number of nitrogens with zero attached hydrogens (tertiary/aromatic N) is 2. The predicted octanol–water partition coefficient (Wildman–Crippen LogP) is 0.697. The Kier molecular flexibility index (Phi) is 7.85. The van der Waals surface area contributed by atoms with Gasteiger partial charge < -0.3 is 21.1 Å². The molecule has 0 fully saturated rings. The Bertz CT molecular complexity index is 486. The number of hydrogen-bond acceptors (Lipinski definition) is 4. The molecule has 0 heterocycles. The highest BCUT2D eigenvalue weighted by Gasteiger charge is 2.22. The number of hydrogen-bond donors (Lipinski definition) is 2. The Hall–Kier alpha value is -2.21. The Morgan fingerprint density at radius 1 is 1.27 bits per heavy atom. The van der Waals surface area contributed by atoms with E-state index in [-0.39, 0.29) is 18.2 Å². The van der Waals surface area contributed by atoms with E-state index in [0.29, 0.717) is 25.7 Å². The first kappa shape index (κ1) is 17.8. The maximum Gasteiger partial charge on any atom is 0.187 e. The molecule has 0 amide bonds. The average Bonchev–Trinajstić information content (AvgIpc) is 2.52. The molecule has 1 unspecified atom stereocenters. The first-order valence-electron chi connectivity index (χ1n) is 7.32. The second-order valence-corrected chi connectivity index (χ2v) is 5.19. The number of nitrogens with two attached hydrogens (primary N) is 2. The molecule has 0 aromatic heterocycles. The van der Waals surface area contributed by atoms with Crippen LogP contribution in [0.15, 0.2) is 35.3 Å². The molecule has 0 saturated heterocycles. The van der Waals surface area contributed by atoms with Gasteiger partial charge in [-0.05, 0) is 31.9 Å². The van der Waals surface area contributed by atoms with Gasteiger partial charge in [-0.3, -0.25) is 4.90 Å². The van der Waals surface area contributed by atoms with Gasteiger partial charge >= 0.3 is 0 Å². The van der Waals surface area contributed by atoms with E-state index in [1.54, 1.807) is 0 Å². The maximum absolute atomic E-state index is 11.5. The highest BCUT2D eigenvalue weighted by Crippen LogP contribution is 2.14. The number of rotatable bonds is 10. The number of likely N-dealkylation sites (N-methyl/N-ethyl adjacent to an activating group) is 1. The van der Waals surface area contributed by atoms with Crippen LogP contribution in [0, 0.1) is 0 Å². The molecule has 22 heavy (non-hydrogen) atoms. The highest BCUT2D eigenvalue weighted by molar-refractivity contribution is 5.75. The van der Waals surface area contributed by atoms with E-state index in [1.807, 2.05) is 42.3 Å². The highest BCUT2D eigenvalue weighted by atomic mass is 16.1. The molecular formula is C16H24N4O2. The molecule has 0 bridgehead atoms. The van der Waals surface area contributed by atoms with Crippen molar-refractivity contribution in [2.75, 3.05) is 7.05 Å². The monoisotopic (exact) mass is 304 g/mol. The van der Waals surface area contributed by atoms with Crippen LogP contribution in [0.3, 0.4) is 0 Å². The predicted molar refractivity (Wildman–Crippen MR) is 87.3 cm³/mol. The number of carbonyl (C=O) groups excluding carboxylic acids is 2. The van der Waals surface area contributed by atoms with E-state index >= 15 is 0 Å². The van der Waals surface area contributed by atoms with Crippen molar-refractivity contribution >= 4 is 18.5 Å². The molecule has 6 nitrogen and oxygen atoms in total. The first-order chi connectivity index (χ1) is 10.6. The van der Waals surface area contributed by atoms with Gasteiger partial charge in [0.05, 0.1) is 6.04 Å². The lowest BCUT2D eigenvalue weighted by atomic mass is 10.0. The molecule has 0 radical (unpaired) electrons. The molecule has 0 aliphatic carbocycles. The lowest BCUT2D eigenvalue weighted by Crippen LogP contribution is -2.43. The minimum atomic E-state index is -0.327. The number of unbranched alkanes of at least 4 members (excludes halogenated alkanes) is 1. The zero-order valence-corrected chi connectivity index (χ0v) is 12.9. The minimum absolute atomic E-state index is 0.0210. The second-order valence-electron chi connectivity index (χ2n) is 5.19. The van der Waals surface area contributed by atoms with Gasteiger partial charge in [-0.15, -0.1) is 0 Å². The molecule has 4 N–H and O–H groups in total. The minimum Gasteiger partial charge on any atom is -0.370 e. The summed E-state index contributed by atoms with van der Waals surface area (Å²) in [5, 5.41) is 0. The summed E-state index contributed by atoms with van der Waals surface area (Å²) >= 11 is 0. The van der Waals surface area contributed by atoms with Gasteiger partial charge in [0.25, 0.3) is 0 Å². The summed E-state index contributed by atoms with van der Waals surface area (Å²) in [5.41, 5.74) is 12.0. The Balaban J connectivity index is 2.79. The third kappa shape index (κ3) is 6.05. The Morgan fingerprint density at radius 3 is 2.50 bits per heavy atom. The quantitative estimate of drug-likeness (QED) is 0.287. The van der Waals surface area contributed by atoms with Gasteiger partial charge in [-0.1, -0.05) is 30.3 Å². The number of aldehydes is 2. The van der Waals surface area contributed by atoms with Crippen LogP contribution in [0.25, 0.3) is 0 Å². The molecule has 1 aromatic carbocycles. The van der Waals surface area contributed by atoms with Crippen LogP contribution in [0.4, 0.5) is 0 Å². The molecule has 0 saturated carbocycles. The topological polar surface area (TPSA) is 102 Å². The van der Waals surface area contributed by atoms with E-state index in [9.17, 15) is 9.59 Å². The van der Waals surface area contributed by atoms with Crippen molar-refractivity contribution in [3.63, 3.8) is 0 Å². The molecule has 0 aliphatic heterocycles. The zero-order chi connectivity index (χ0) is 16.4. The fourth-order valence-corrected chi connectivity index (χ4v) is 2.28. The van der Waals surface area contributed by atoms with Crippen LogP contribution in [0.1, 0.15) is 24.8 Å². The molecule has 0 spiro atoms. The average molecular weight is 304 g/mol. The van der Waals surface area contributed by atoms with Gasteiger partial charge in [0, 0.05) is 6.42 Å². The number of aliphatic imine (C=N–C) groups is 1. The number of guanidine groups is 1. The molecule has 2 atom stereocenters. The Morgan fingerprint density at radius 2 is 1.95 bits per heavy atom. The number of benzene rings is 1. The molecule has 1 aromatic rings. The van der Waals surface area contributed by atoms with Gasteiger partial charge in [-0.2, -0.15) is 0 Å². The lowest BCUT2D eigenvalue weighted by Gasteiger charge is -2.30. The number of carbonyl (C=O) groups is 2. The van der Waals surface area contributed by atoms with E-state index in [0.717, 1.165) is 18.1 Å². The van der Waals surface area contributed by atoms with Crippen LogP contribution >= 0.6 is 0 Å². The third-order valence-corrected chi connectivity index (χ3v) is 3.52. The summed E-state index contributed by atoms with van der Waals surface area (Å²) in [7, 11) is 1.82. The fourth-order valence-electron chi connectivity index (χ4n) is 2.28. The zero-order valence-electron chi connectivity index (χ0n) is 12.9. The van der Waals surface area contributed by atoms with Gasteiger partial charge in [0.2, 0.25) is 0 Å². The SMILES string of the molecule is CN(C(CCCC=O)N=C(N)N)[C@@H](C=O)Cc1ccccc1. The van der Waals surface area contributed by atoms with Crippen LogP contribution in [0.5, 0.6) is 0 Å². The van der Waals surface area contributed by atoms with Crippen LogP contribution in [-0.2, 0) is 16.0 Å². The third-order valence-electron chi connectivity index (χ3n) is 3.52. The van der Waals surface area contributed by atoms with Gasteiger partial charge in [0.15, 0.2) is 5.96 Å². The summed E-state index contributed by atoms with van der Waals surface area (Å²) < 4.78 is 0. The summed E-state index contributed by atoms with van der Waals surface area (Å²) in [4.78, 5) is 28.0. The van der Waals surface area contributed by atoms with Crippen molar-refractivity contribution in [2.24, 2.45) is 16.5 Å². The summed E-state index contributed by atoms with van der Waals surface area (Å²) in [5.74, 6) is -0.0210. The smallest absolute Gasteiger partial charge is 0.187 e. The van der Waals surface area contributed by atoms with E-state index in [1.165, 1.54) is 0 Å². The summed E-state index contributed by atoms with van der Waals surface area (Å²) in [6, 6.07) is 9.44. The largest absolute Gasteiger partial charge is 0.370 e. The van der Waals surface area contributed by atoms with E-state index in [4.69, 9.17) is 11.5 Å². The fraction of sp³-hybridized carbons (Fsp3) is 0.438. The molecule has 0 aliphatic rings. The van der Waals surface area contributed by atoms with E-state index < -0.39 is 0 Å². The molecule has 1 rings (SSSR count). The van der Waals surface area contributed by atoms with Crippen molar-refractivity contribution in [3.8, 4) is 0 Å². The molecule has 6 heteroatoms. The van der Waals surface area contributed by atoms with Gasteiger partial charge in [0.1, 0.15) is 18.7 Å². The molecular weight excluding hydrogens is 280 g/mol. The van der Waals surface area contributed by atoms with Crippen molar-refractivity contribution in [2.45, 2.75) is 37.9 Å². The maximum atomic E-state index is 11.5. The lowest BCUT2D eigenvalue weighted by molar-refractivity contribution is -0.113. The molecule has 120 valence electrons. The summed E-state index contributed by atoms with van der Waals surface area (Å²) in [6.07, 6.45) is 3.79. The van der Waals surface area contributed by atoms with Crippen LogP contribution in [0.2, 0.25) is 0 Å². The van der Waals surface area contributed by atoms with Crippen molar-refractivity contribution < 1.29 is 9.59 Å². The van der Waals surface area contributed by atoms with Crippen LogP contribution < -0.4 is 11.5 Å². The van der Waals surface area contributed by atoms with Gasteiger partial charge in [-0.25, -0.2) is 4.99 Å².